The summed E-state index contributed by atoms with van der Waals surface area (Å²) in [5.41, 5.74) is 2.03. The van der Waals surface area contributed by atoms with Crippen molar-refractivity contribution in [2.24, 2.45) is 0 Å². The SMILES string of the molecule is Cc1ccc(C(=O)C(C)Nc2ccc(F)c(F)c2)cc1. The number of benzene rings is 2. The molecule has 0 saturated carbocycles. The van der Waals surface area contributed by atoms with Gasteiger partial charge in [0.1, 0.15) is 0 Å². The molecule has 0 aliphatic carbocycles. The van der Waals surface area contributed by atoms with Crippen LogP contribution in [0, 0.1) is 18.6 Å². The highest BCUT2D eigenvalue weighted by Crippen LogP contribution is 2.15. The van der Waals surface area contributed by atoms with Crippen LogP contribution in [0.25, 0.3) is 0 Å². The summed E-state index contributed by atoms with van der Waals surface area (Å²) >= 11 is 0. The van der Waals surface area contributed by atoms with Crippen LogP contribution in [0.4, 0.5) is 14.5 Å². The van der Waals surface area contributed by atoms with Crippen molar-refractivity contribution >= 4 is 11.5 Å². The predicted molar refractivity (Wildman–Crippen MR) is 75.0 cm³/mol. The number of Topliss-reactive ketones (excluding diaryl/α,β-unsaturated/α-hetero) is 1. The molecule has 0 fully saturated rings. The zero-order valence-electron chi connectivity index (χ0n) is 11.3. The molecule has 0 bridgehead atoms. The van der Waals surface area contributed by atoms with Crippen LogP contribution in [0.5, 0.6) is 0 Å². The maximum Gasteiger partial charge on any atom is 0.184 e. The van der Waals surface area contributed by atoms with E-state index in [0.717, 1.165) is 17.7 Å². The van der Waals surface area contributed by atoms with Gasteiger partial charge in [0.05, 0.1) is 6.04 Å². The Bertz CT molecular complexity index is 623. The molecule has 2 aromatic carbocycles. The number of aryl methyl sites for hydroxylation is 1. The minimum atomic E-state index is -0.940. The van der Waals surface area contributed by atoms with Crippen molar-refractivity contribution in [1.82, 2.24) is 0 Å². The van der Waals surface area contributed by atoms with Crippen molar-refractivity contribution in [2.75, 3.05) is 5.32 Å². The second-order valence-corrected chi connectivity index (χ2v) is 4.73. The maximum absolute atomic E-state index is 13.1. The number of carbonyl (C=O) groups is 1. The number of carbonyl (C=O) groups excluding carboxylic acids is 1. The Morgan fingerprint density at radius 2 is 1.70 bits per heavy atom. The first-order chi connectivity index (χ1) is 9.47. The molecule has 20 heavy (non-hydrogen) atoms. The van der Waals surface area contributed by atoms with Gasteiger partial charge < -0.3 is 5.32 Å². The highest BCUT2D eigenvalue weighted by Gasteiger charge is 2.15. The lowest BCUT2D eigenvalue weighted by Gasteiger charge is -2.14. The number of hydrogen-bond donors (Lipinski definition) is 1. The first-order valence-electron chi connectivity index (χ1n) is 6.30. The Hall–Kier alpha value is -2.23. The van der Waals surface area contributed by atoms with E-state index in [-0.39, 0.29) is 5.78 Å². The Labute approximate surface area is 116 Å². The van der Waals surface area contributed by atoms with E-state index in [2.05, 4.69) is 5.32 Å². The Kier molecular flexibility index (Phi) is 4.13. The van der Waals surface area contributed by atoms with Crippen molar-refractivity contribution in [1.29, 1.82) is 0 Å². The molecule has 0 saturated heterocycles. The first-order valence-corrected chi connectivity index (χ1v) is 6.30. The summed E-state index contributed by atoms with van der Waals surface area (Å²) in [6, 6.07) is 10.2. The third-order valence-corrected chi connectivity index (χ3v) is 3.03. The van der Waals surface area contributed by atoms with Gasteiger partial charge in [-0.05, 0) is 26.0 Å². The molecule has 0 aliphatic rings. The zero-order chi connectivity index (χ0) is 14.7. The van der Waals surface area contributed by atoms with Gasteiger partial charge in [0.25, 0.3) is 0 Å². The van der Waals surface area contributed by atoms with E-state index >= 15 is 0 Å². The lowest BCUT2D eigenvalue weighted by Crippen LogP contribution is -2.26. The second kappa shape index (κ2) is 5.82. The summed E-state index contributed by atoms with van der Waals surface area (Å²) in [5, 5.41) is 2.87. The molecule has 2 rings (SSSR count). The summed E-state index contributed by atoms with van der Waals surface area (Å²) < 4.78 is 25.9. The van der Waals surface area contributed by atoms with Gasteiger partial charge in [-0.15, -0.1) is 0 Å². The number of halogens is 2. The fraction of sp³-hybridized carbons (Fsp3) is 0.188. The zero-order valence-corrected chi connectivity index (χ0v) is 11.3. The Morgan fingerprint density at radius 3 is 2.30 bits per heavy atom. The molecule has 4 heteroatoms. The van der Waals surface area contributed by atoms with Crippen LogP contribution < -0.4 is 5.32 Å². The lowest BCUT2D eigenvalue weighted by molar-refractivity contribution is 0.0975. The molecule has 104 valence electrons. The fourth-order valence-corrected chi connectivity index (χ4v) is 1.87. The summed E-state index contributed by atoms with van der Waals surface area (Å²) in [4.78, 5) is 12.2. The Balaban J connectivity index is 2.11. The van der Waals surface area contributed by atoms with E-state index in [1.807, 2.05) is 19.1 Å². The second-order valence-electron chi connectivity index (χ2n) is 4.73. The van der Waals surface area contributed by atoms with Crippen molar-refractivity contribution in [2.45, 2.75) is 19.9 Å². The normalized spacial score (nSPS) is 12.0. The van der Waals surface area contributed by atoms with Gasteiger partial charge in [-0.3, -0.25) is 4.79 Å². The van der Waals surface area contributed by atoms with Gasteiger partial charge in [0.15, 0.2) is 17.4 Å². The summed E-state index contributed by atoms with van der Waals surface area (Å²) in [6.07, 6.45) is 0. The summed E-state index contributed by atoms with van der Waals surface area (Å²) in [5.74, 6) is -1.95. The molecule has 0 amide bonds. The summed E-state index contributed by atoms with van der Waals surface area (Å²) in [7, 11) is 0. The molecule has 0 spiro atoms. The molecule has 1 unspecified atom stereocenters. The van der Waals surface area contributed by atoms with Crippen LogP contribution >= 0.6 is 0 Å². The molecule has 1 atom stereocenters. The minimum Gasteiger partial charge on any atom is -0.375 e. The smallest absolute Gasteiger partial charge is 0.184 e. The number of anilines is 1. The molecular weight excluding hydrogens is 260 g/mol. The average molecular weight is 275 g/mol. The van der Waals surface area contributed by atoms with Crippen molar-refractivity contribution in [3.8, 4) is 0 Å². The van der Waals surface area contributed by atoms with Crippen LogP contribution in [0.1, 0.15) is 22.8 Å². The van der Waals surface area contributed by atoms with E-state index in [1.54, 1.807) is 19.1 Å². The largest absolute Gasteiger partial charge is 0.375 e. The topological polar surface area (TPSA) is 29.1 Å². The van der Waals surface area contributed by atoms with Crippen LogP contribution in [-0.2, 0) is 0 Å². The molecule has 2 nitrogen and oxygen atoms in total. The summed E-state index contributed by atoms with van der Waals surface area (Å²) in [6.45, 7) is 3.63. The fourth-order valence-electron chi connectivity index (χ4n) is 1.87. The van der Waals surface area contributed by atoms with E-state index in [1.165, 1.54) is 6.07 Å². The first kappa shape index (κ1) is 14.2. The monoisotopic (exact) mass is 275 g/mol. The number of nitrogens with one attached hydrogen (secondary N) is 1. The highest BCUT2D eigenvalue weighted by molar-refractivity contribution is 6.01. The molecule has 0 radical (unpaired) electrons. The van der Waals surface area contributed by atoms with Gasteiger partial charge in [0, 0.05) is 17.3 Å². The van der Waals surface area contributed by atoms with Gasteiger partial charge in [-0.25, -0.2) is 8.78 Å². The van der Waals surface area contributed by atoms with Crippen LogP contribution in [-0.4, -0.2) is 11.8 Å². The Morgan fingerprint density at radius 1 is 1.05 bits per heavy atom. The quantitative estimate of drug-likeness (QED) is 0.856. The lowest BCUT2D eigenvalue weighted by atomic mass is 10.0. The van der Waals surface area contributed by atoms with Crippen molar-refractivity contribution in [3.05, 3.63) is 65.2 Å². The maximum atomic E-state index is 13.1. The molecule has 0 aromatic heterocycles. The molecular formula is C16H15F2NO. The van der Waals surface area contributed by atoms with Crippen LogP contribution in [0.15, 0.2) is 42.5 Å². The number of hydrogen-bond acceptors (Lipinski definition) is 2. The van der Waals surface area contributed by atoms with E-state index in [0.29, 0.717) is 11.3 Å². The van der Waals surface area contributed by atoms with Gasteiger partial charge in [0.2, 0.25) is 0 Å². The van der Waals surface area contributed by atoms with Crippen LogP contribution in [0.2, 0.25) is 0 Å². The number of rotatable bonds is 4. The third-order valence-electron chi connectivity index (χ3n) is 3.03. The standard InChI is InChI=1S/C16H15F2NO/c1-10-3-5-12(6-4-10)16(20)11(2)19-13-7-8-14(17)15(18)9-13/h3-9,11,19H,1-2H3. The predicted octanol–water partition coefficient (Wildman–Crippen LogP) is 3.96. The van der Waals surface area contributed by atoms with Crippen molar-refractivity contribution < 1.29 is 13.6 Å². The third kappa shape index (κ3) is 3.20. The number of ketones is 1. The average Bonchev–Trinajstić information content (AvgIpc) is 2.43. The van der Waals surface area contributed by atoms with Crippen LogP contribution in [0.3, 0.4) is 0 Å². The van der Waals surface area contributed by atoms with Gasteiger partial charge in [-0.1, -0.05) is 29.8 Å². The molecule has 1 N–H and O–H groups in total. The minimum absolute atomic E-state index is 0.102. The molecule has 0 heterocycles. The molecule has 2 aromatic rings. The van der Waals surface area contributed by atoms with Gasteiger partial charge >= 0.3 is 0 Å². The van der Waals surface area contributed by atoms with E-state index in [9.17, 15) is 13.6 Å². The molecule has 0 aliphatic heterocycles. The highest BCUT2D eigenvalue weighted by atomic mass is 19.2. The van der Waals surface area contributed by atoms with E-state index < -0.39 is 17.7 Å². The van der Waals surface area contributed by atoms with Crippen molar-refractivity contribution in [3.63, 3.8) is 0 Å². The van der Waals surface area contributed by atoms with E-state index in [4.69, 9.17) is 0 Å². The van der Waals surface area contributed by atoms with Gasteiger partial charge in [-0.2, -0.15) is 0 Å².